The quantitative estimate of drug-likeness (QED) is 0.899. The van der Waals surface area contributed by atoms with Gasteiger partial charge in [0.25, 0.3) is 0 Å². The first-order valence-corrected chi connectivity index (χ1v) is 7.13. The summed E-state index contributed by atoms with van der Waals surface area (Å²) in [4.78, 5) is 4.68. The van der Waals surface area contributed by atoms with E-state index in [1.54, 1.807) is 11.3 Å². The van der Waals surface area contributed by atoms with Crippen LogP contribution in [0.5, 0.6) is 0 Å². The SMILES string of the molecule is CCCNC(C)c1csc(-c2c(C)noc2C)n1. The van der Waals surface area contributed by atoms with Crippen molar-refractivity contribution in [1.82, 2.24) is 15.5 Å². The van der Waals surface area contributed by atoms with Gasteiger partial charge in [-0.3, -0.25) is 0 Å². The second-order valence-electron chi connectivity index (χ2n) is 4.45. The Labute approximate surface area is 111 Å². The van der Waals surface area contributed by atoms with E-state index in [-0.39, 0.29) is 6.04 Å². The molecular weight excluding hydrogens is 246 g/mol. The average Bonchev–Trinajstić information content (AvgIpc) is 2.93. The number of hydrogen-bond acceptors (Lipinski definition) is 5. The molecule has 0 saturated heterocycles. The van der Waals surface area contributed by atoms with Gasteiger partial charge in [-0.15, -0.1) is 11.3 Å². The number of nitrogens with one attached hydrogen (secondary N) is 1. The van der Waals surface area contributed by atoms with Crippen LogP contribution in [0, 0.1) is 13.8 Å². The number of nitrogens with zero attached hydrogens (tertiary/aromatic N) is 2. The monoisotopic (exact) mass is 265 g/mol. The van der Waals surface area contributed by atoms with Crippen molar-refractivity contribution in [3.8, 4) is 10.6 Å². The lowest BCUT2D eigenvalue weighted by Crippen LogP contribution is -2.19. The first-order valence-electron chi connectivity index (χ1n) is 6.25. The van der Waals surface area contributed by atoms with Crippen LogP contribution >= 0.6 is 11.3 Å². The van der Waals surface area contributed by atoms with Crippen LogP contribution in [0.1, 0.15) is 43.5 Å². The normalized spacial score (nSPS) is 12.9. The van der Waals surface area contributed by atoms with Crippen LogP contribution in [0.25, 0.3) is 10.6 Å². The van der Waals surface area contributed by atoms with Gasteiger partial charge in [0.15, 0.2) is 0 Å². The van der Waals surface area contributed by atoms with Crippen LogP contribution in [-0.2, 0) is 0 Å². The lowest BCUT2D eigenvalue weighted by atomic mass is 10.2. The Hall–Kier alpha value is -1.20. The topological polar surface area (TPSA) is 51.0 Å². The summed E-state index contributed by atoms with van der Waals surface area (Å²) in [5.74, 6) is 0.836. The Morgan fingerprint density at radius 1 is 1.44 bits per heavy atom. The number of aryl methyl sites for hydroxylation is 2. The van der Waals surface area contributed by atoms with E-state index in [0.717, 1.165) is 40.7 Å². The van der Waals surface area contributed by atoms with Gasteiger partial charge in [0.2, 0.25) is 0 Å². The van der Waals surface area contributed by atoms with Crippen LogP contribution in [0.4, 0.5) is 0 Å². The van der Waals surface area contributed by atoms with Gasteiger partial charge in [0, 0.05) is 11.4 Å². The van der Waals surface area contributed by atoms with Crippen molar-refractivity contribution >= 4 is 11.3 Å². The molecule has 2 aromatic rings. The van der Waals surface area contributed by atoms with E-state index in [0.29, 0.717) is 0 Å². The van der Waals surface area contributed by atoms with Crippen molar-refractivity contribution in [2.45, 2.75) is 40.2 Å². The minimum atomic E-state index is 0.287. The van der Waals surface area contributed by atoms with Crippen molar-refractivity contribution in [1.29, 1.82) is 0 Å². The van der Waals surface area contributed by atoms with E-state index in [1.807, 2.05) is 13.8 Å². The van der Waals surface area contributed by atoms with E-state index >= 15 is 0 Å². The Bertz CT molecular complexity index is 499. The highest BCUT2D eigenvalue weighted by Crippen LogP contribution is 2.30. The highest BCUT2D eigenvalue weighted by molar-refractivity contribution is 7.13. The van der Waals surface area contributed by atoms with E-state index in [9.17, 15) is 0 Å². The smallest absolute Gasteiger partial charge is 0.144 e. The molecule has 2 rings (SSSR count). The number of rotatable bonds is 5. The highest BCUT2D eigenvalue weighted by atomic mass is 32.1. The second kappa shape index (κ2) is 5.63. The van der Waals surface area contributed by atoms with Crippen molar-refractivity contribution < 1.29 is 4.52 Å². The molecule has 1 N–H and O–H groups in total. The van der Waals surface area contributed by atoms with Gasteiger partial charge < -0.3 is 9.84 Å². The fourth-order valence-corrected chi connectivity index (χ4v) is 2.91. The average molecular weight is 265 g/mol. The zero-order valence-corrected chi connectivity index (χ0v) is 12.1. The van der Waals surface area contributed by atoms with Gasteiger partial charge in [-0.05, 0) is 33.7 Å². The number of aromatic nitrogens is 2. The molecule has 0 fully saturated rings. The van der Waals surface area contributed by atoms with E-state index in [1.165, 1.54) is 0 Å². The minimum absolute atomic E-state index is 0.287. The largest absolute Gasteiger partial charge is 0.361 e. The molecule has 2 heterocycles. The van der Waals surface area contributed by atoms with Crippen molar-refractivity contribution in [2.24, 2.45) is 0 Å². The van der Waals surface area contributed by atoms with Crippen molar-refractivity contribution in [3.63, 3.8) is 0 Å². The highest BCUT2D eigenvalue weighted by Gasteiger charge is 2.16. The summed E-state index contributed by atoms with van der Waals surface area (Å²) in [6.07, 6.45) is 1.13. The molecule has 4 nitrogen and oxygen atoms in total. The summed E-state index contributed by atoms with van der Waals surface area (Å²) in [5, 5.41) is 10.5. The zero-order valence-electron chi connectivity index (χ0n) is 11.3. The van der Waals surface area contributed by atoms with Gasteiger partial charge in [-0.2, -0.15) is 0 Å². The first-order chi connectivity index (χ1) is 8.63. The molecular formula is C13H19N3OS. The molecule has 0 radical (unpaired) electrons. The number of thiazole rings is 1. The number of hydrogen-bond donors (Lipinski definition) is 1. The Morgan fingerprint density at radius 2 is 2.22 bits per heavy atom. The maximum Gasteiger partial charge on any atom is 0.144 e. The third-order valence-electron chi connectivity index (χ3n) is 2.91. The molecule has 1 atom stereocenters. The third kappa shape index (κ3) is 2.62. The molecule has 0 saturated carbocycles. The van der Waals surface area contributed by atoms with Crippen molar-refractivity contribution in [2.75, 3.05) is 6.54 Å². The second-order valence-corrected chi connectivity index (χ2v) is 5.31. The van der Waals surface area contributed by atoms with Gasteiger partial charge in [-0.1, -0.05) is 12.1 Å². The van der Waals surface area contributed by atoms with Crippen LogP contribution in [-0.4, -0.2) is 16.7 Å². The Morgan fingerprint density at radius 3 is 2.83 bits per heavy atom. The molecule has 0 amide bonds. The van der Waals surface area contributed by atoms with E-state index < -0.39 is 0 Å². The Kier molecular flexibility index (Phi) is 4.14. The van der Waals surface area contributed by atoms with Crippen LogP contribution in [0.2, 0.25) is 0 Å². The summed E-state index contributed by atoms with van der Waals surface area (Å²) >= 11 is 1.65. The summed E-state index contributed by atoms with van der Waals surface area (Å²) in [7, 11) is 0. The zero-order chi connectivity index (χ0) is 13.1. The molecule has 0 aromatic carbocycles. The van der Waals surface area contributed by atoms with Gasteiger partial charge in [-0.25, -0.2) is 4.98 Å². The molecule has 1 unspecified atom stereocenters. The van der Waals surface area contributed by atoms with E-state index in [2.05, 4.69) is 34.7 Å². The van der Waals surface area contributed by atoms with Crippen molar-refractivity contribution in [3.05, 3.63) is 22.5 Å². The molecule has 0 aliphatic carbocycles. The molecule has 0 aliphatic rings. The maximum absolute atomic E-state index is 5.19. The Balaban J connectivity index is 2.20. The summed E-state index contributed by atoms with van der Waals surface area (Å²) in [6.45, 7) is 9.19. The van der Waals surface area contributed by atoms with Crippen LogP contribution in [0.3, 0.4) is 0 Å². The summed E-state index contributed by atoms with van der Waals surface area (Å²) in [6, 6.07) is 0.287. The minimum Gasteiger partial charge on any atom is -0.361 e. The van der Waals surface area contributed by atoms with Crippen LogP contribution < -0.4 is 5.32 Å². The first kappa shape index (κ1) is 13.2. The molecule has 0 aliphatic heterocycles. The molecule has 0 bridgehead atoms. The molecule has 2 aromatic heterocycles. The lowest BCUT2D eigenvalue weighted by molar-refractivity contribution is 0.393. The molecule has 98 valence electrons. The third-order valence-corrected chi connectivity index (χ3v) is 3.79. The molecule has 0 spiro atoms. The summed E-state index contributed by atoms with van der Waals surface area (Å²) in [5.41, 5.74) is 3.03. The van der Waals surface area contributed by atoms with Gasteiger partial charge in [0.1, 0.15) is 10.8 Å². The fourth-order valence-electron chi connectivity index (χ4n) is 1.85. The fraction of sp³-hybridized carbons (Fsp3) is 0.538. The standard InChI is InChI=1S/C13H19N3OS/c1-5-6-14-8(2)11-7-18-13(15-11)12-9(3)16-17-10(12)4/h7-8,14H,5-6H2,1-4H3. The lowest BCUT2D eigenvalue weighted by Gasteiger charge is -2.09. The summed E-state index contributed by atoms with van der Waals surface area (Å²) < 4.78 is 5.19. The molecule has 18 heavy (non-hydrogen) atoms. The molecule has 5 heteroatoms. The van der Waals surface area contributed by atoms with Gasteiger partial charge >= 0.3 is 0 Å². The predicted molar refractivity (Wildman–Crippen MR) is 73.8 cm³/mol. The predicted octanol–water partition coefficient (Wildman–Crippen LogP) is 3.48. The van der Waals surface area contributed by atoms with Gasteiger partial charge in [0.05, 0.1) is 17.0 Å². The maximum atomic E-state index is 5.19. The van der Waals surface area contributed by atoms with E-state index in [4.69, 9.17) is 4.52 Å². The van der Waals surface area contributed by atoms with Crippen LogP contribution in [0.15, 0.2) is 9.90 Å².